The normalized spacial score (nSPS) is 11.0. The minimum Gasteiger partial charge on any atom is -0.493 e. The number of halogens is 1. The number of nitrogens with one attached hydrogen (secondary N) is 1. The van der Waals surface area contributed by atoms with Gasteiger partial charge in [0.15, 0.2) is 11.5 Å². The number of methoxy groups -OCH3 is 1. The van der Waals surface area contributed by atoms with Gasteiger partial charge < -0.3 is 19.8 Å². The van der Waals surface area contributed by atoms with Crippen molar-refractivity contribution in [2.45, 2.75) is 19.6 Å². The Balaban J connectivity index is 1.30. The van der Waals surface area contributed by atoms with Gasteiger partial charge in [0, 0.05) is 29.1 Å². The number of nitrogens with two attached hydrogens (primary N) is 1. The van der Waals surface area contributed by atoms with E-state index in [9.17, 15) is 4.39 Å². The molecule has 4 rings (SSSR count). The Kier molecular flexibility index (Phi) is 6.30. The van der Waals surface area contributed by atoms with Crippen molar-refractivity contribution in [1.82, 2.24) is 4.98 Å². The maximum atomic E-state index is 13.0. The van der Waals surface area contributed by atoms with Crippen molar-refractivity contribution in [2.75, 3.05) is 13.7 Å². The molecule has 4 aromatic rings. The molecule has 0 spiro atoms. The van der Waals surface area contributed by atoms with Crippen molar-refractivity contribution in [2.24, 2.45) is 0 Å². The Labute approximate surface area is 175 Å². The van der Waals surface area contributed by atoms with E-state index in [1.165, 1.54) is 34.2 Å². The lowest BCUT2D eigenvalue weighted by Crippen LogP contribution is -2.83. The molecule has 0 radical (unpaired) electrons. The van der Waals surface area contributed by atoms with E-state index in [0.717, 1.165) is 25.1 Å². The first-order valence-corrected chi connectivity index (χ1v) is 10.1. The Hall–Kier alpha value is -3.31. The Bertz CT molecular complexity index is 1110. The molecule has 0 aliphatic carbocycles. The van der Waals surface area contributed by atoms with Crippen LogP contribution in [-0.2, 0) is 19.6 Å². The Morgan fingerprint density at radius 3 is 2.57 bits per heavy atom. The van der Waals surface area contributed by atoms with Crippen molar-refractivity contribution < 1.29 is 19.2 Å². The van der Waals surface area contributed by atoms with E-state index < -0.39 is 0 Å². The summed E-state index contributed by atoms with van der Waals surface area (Å²) in [6.07, 6.45) is 3.12. The number of ether oxygens (including phenoxy) is 2. The summed E-state index contributed by atoms with van der Waals surface area (Å²) in [6.45, 7) is 2.25. The number of aromatic nitrogens is 1. The van der Waals surface area contributed by atoms with Crippen LogP contribution in [0.4, 0.5) is 4.39 Å². The molecule has 0 amide bonds. The highest BCUT2D eigenvalue weighted by Gasteiger charge is 2.08. The second-order valence-corrected chi connectivity index (χ2v) is 7.29. The Morgan fingerprint density at radius 1 is 0.933 bits per heavy atom. The third-order valence-electron chi connectivity index (χ3n) is 5.21. The van der Waals surface area contributed by atoms with Gasteiger partial charge in [0.1, 0.15) is 19.0 Å². The summed E-state index contributed by atoms with van der Waals surface area (Å²) in [5.41, 5.74) is 4.63. The summed E-state index contributed by atoms with van der Waals surface area (Å²) in [4.78, 5) is 3.33. The van der Waals surface area contributed by atoms with Crippen LogP contribution in [0.1, 0.15) is 16.7 Å². The van der Waals surface area contributed by atoms with Gasteiger partial charge in [-0.1, -0.05) is 30.3 Å². The van der Waals surface area contributed by atoms with Crippen LogP contribution in [0.25, 0.3) is 10.9 Å². The number of hydrogen-bond acceptors (Lipinski definition) is 2. The highest BCUT2D eigenvalue weighted by molar-refractivity contribution is 5.83. The summed E-state index contributed by atoms with van der Waals surface area (Å²) in [5, 5.41) is 3.60. The van der Waals surface area contributed by atoms with E-state index >= 15 is 0 Å². The number of hydrogen-bond donors (Lipinski definition) is 2. The molecule has 0 aliphatic heterocycles. The first-order valence-electron chi connectivity index (χ1n) is 10.1. The quantitative estimate of drug-likeness (QED) is 0.410. The van der Waals surface area contributed by atoms with Gasteiger partial charge >= 0.3 is 0 Å². The minimum absolute atomic E-state index is 0.248. The van der Waals surface area contributed by atoms with Crippen molar-refractivity contribution in [1.29, 1.82) is 0 Å². The van der Waals surface area contributed by atoms with Gasteiger partial charge in [-0.05, 0) is 47.5 Å². The van der Waals surface area contributed by atoms with Gasteiger partial charge in [0.25, 0.3) is 0 Å². The van der Waals surface area contributed by atoms with Crippen molar-refractivity contribution in [3.63, 3.8) is 0 Å². The molecule has 0 fully saturated rings. The third-order valence-corrected chi connectivity index (χ3v) is 5.21. The van der Waals surface area contributed by atoms with E-state index in [2.05, 4.69) is 46.8 Å². The lowest BCUT2D eigenvalue weighted by atomic mass is 10.1. The monoisotopic (exact) mass is 405 g/mol. The smallest absolute Gasteiger partial charge is 0.161 e. The molecule has 0 saturated heterocycles. The van der Waals surface area contributed by atoms with Gasteiger partial charge in [-0.25, -0.2) is 4.39 Å². The number of para-hydroxylation sites is 1. The zero-order valence-electron chi connectivity index (χ0n) is 17.0. The lowest BCUT2D eigenvalue weighted by molar-refractivity contribution is -0.670. The molecule has 0 bridgehead atoms. The summed E-state index contributed by atoms with van der Waals surface area (Å²) in [6, 6.07) is 20.7. The van der Waals surface area contributed by atoms with Crippen molar-refractivity contribution in [3.05, 3.63) is 95.4 Å². The molecule has 5 heteroatoms. The zero-order valence-corrected chi connectivity index (χ0v) is 17.0. The topological polar surface area (TPSA) is 50.9 Å². The number of quaternary nitrogens is 1. The largest absolute Gasteiger partial charge is 0.493 e. The molecule has 0 aliphatic rings. The first-order chi connectivity index (χ1) is 14.7. The highest BCUT2D eigenvalue weighted by atomic mass is 19.1. The van der Waals surface area contributed by atoms with Gasteiger partial charge in [-0.2, -0.15) is 0 Å². The second kappa shape index (κ2) is 9.46. The zero-order chi connectivity index (χ0) is 20.8. The third kappa shape index (κ3) is 4.81. The lowest BCUT2D eigenvalue weighted by Gasteiger charge is -2.12. The average Bonchev–Trinajstić information content (AvgIpc) is 3.20. The van der Waals surface area contributed by atoms with Crippen molar-refractivity contribution >= 4 is 10.9 Å². The molecule has 4 nitrogen and oxygen atoms in total. The molecule has 1 heterocycles. The summed E-state index contributed by atoms with van der Waals surface area (Å²) < 4.78 is 24.4. The van der Waals surface area contributed by atoms with E-state index in [4.69, 9.17) is 9.47 Å². The molecule has 154 valence electrons. The van der Waals surface area contributed by atoms with Gasteiger partial charge in [0.05, 0.1) is 13.7 Å². The fourth-order valence-electron chi connectivity index (χ4n) is 3.56. The first kappa shape index (κ1) is 20.0. The Morgan fingerprint density at radius 2 is 1.73 bits per heavy atom. The van der Waals surface area contributed by atoms with Crippen LogP contribution >= 0.6 is 0 Å². The summed E-state index contributed by atoms with van der Waals surface area (Å²) in [5.74, 6) is 1.14. The predicted octanol–water partition coefficient (Wildman–Crippen LogP) is 4.20. The average molecular weight is 405 g/mol. The van der Waals surface area contributed by atoms with Crippen LogP contribution in [0.3, 0.4) is 0 Å². The van der Waals surface area contributed by atoms with Crippen LogP contribution in [0.2, 0.25) is 0 Å². The number of benzene rings is 3. The van der Waals surface area contributed by atoms with Crippen LogP contribution < -0.4 is 14.8 Å². The summed E-state index contributed by atoms with van der Waals surface area (Å²) >= 11 is 0. The van der Waals surface area contributed by atoms with E-state index in [-0.39, 0.29) is 5.82 Å². The molecule has 3 aromatic carbocycles. The summed E-state index contributed by atoms with van der Waals surface area (Å²) in [7, 11) is 1.64. The van der Waals surface area contributed by atoms with Crippen LogP contribution in [-0.4, -0.2) is 18.6 Å². The molecule has 0 unspecified atom stereocenters. The fourth-order valence-corrected chi connectivity index (χ4v) is 3.56. The molecule has 3 N–H and O–H groups in total. The van der Waals surface area contributed by atoms with Crippen LogP contribution in [0.5, 0.6) is 11.5 Å². The molecular weight excluding hydrogens is 379 g/mol. The maximum Gasteiger partial charge on any atom is 0.161 e. The molecule has 0 saturated carbocycles. The molecule has 0 atom stereocenters. The van der Waals surface area contributed by atoms with E-state index in [1.807, 2.05) is 12.1 Å². The standard InChI is InChI=1S/C25H25FN2O2/c1-29-25-14-19(8-11-24(25)30-17-18-6-9-21(26)10-7-18)15-27-13-12-20-16-28-23-5-3-2-4-22(20)23/h2-11,14,16,27-28H,12-13,15,17H2,1H3/p+1. The van der Waals surface area contributed by atoms with E-state index in [1.54, 1.807) is 19.2 Å². The maximum absolute atomic E-state index is 13.0. The minimum atomic E-state index is -0.248. The SMILES string of the molecule is COc1cc(C[NH2+]CCc2c[nH]c3ccccc23)ccc1OCc1ccc(F)cc1. The number of rotatable bonds is 9. The predicted molar refractivity (Wildman–Crippen MR) is 116 cm³/mol. The van der Waals surface area contributed by atoms with Gasteiger partial charge in [-0.3, -0.25) is 0 Å². The fraction of sp³-hybridized carbons (Fsp3) is 0.200. The number of aromatic amines is 1. The highest BCUT2D eigenvalue weighted by Crippen LogP contribution is 2.28. The van der Waals surface area contributed by atoms with Gasteiger partial charge in [0.2, 0.25) is 0 Å². The second-order valence-electron chi connectivity index (χ2n) is 7.29. The molecular formula is C25H26FN2O2+. The molecule has 1 aromatic heterocycles. The van der Waals surface area contributed by atoms with Crippen LogP contribution in [0, 0.1) is 5.82 Å². The van der Waals surface area contributed by atoms with Gasteiger partial charge in [-0.15, -0.1) is 0 Å². The van der Waals surface area contributed by atoms with E-state index in [0.29, 0.717) is 18.1 Å². The number of fused-ring (bicyclic) bond motifs is 1. The number of H-pyrrole nitrogens is 1. The van der Waals surface area contributed by atoms with Crippen LogP contribution in [0.15, 0.2) is 72.9 Å². The van der Waals surface area contributed by atoms with Crippen molar-refractivity contribution in [3.8, 4) is 11.5 Å². The molecule has 30 heavy (non-hydrogen) atoms.